The first kappa shape index (κ1) is 10.4. The van der Waals surface area contributed by atoms with E-state index in [0.717, 1.165) is 12.0 Å². The van der Waals surface area contributed by atoms with E-state index in [1.54, 1.807) is 0 Å². The highest BCUT2D eigenvalue weighted by Crippen LogP contribution is 2.24. The molecule has 2 atom stereocenters. The lowest BCUT2D eigenvalue weighted by atomic mass is 9.92. The summed E-state index contributed by atoms with van der Waals surface area (Å²) in [4.78, 5) is 2.49. The maximum atomic E-state index is 3.62. The predicted octanol–water partition coefficient (Wildman–Crippen LogP) is 1.86. The summed E-state index contributed by atoms with van der Waals surface area (Å²) in [7, 11) is 2.26. The minimum absolute atomic E-state index is 0.850. The molecule has 2 rings (SSSR count). The quantitative estimate of drug-likeness (QED) is 0.725. The fourth-order valence-electron chi connectivity index (χ4n) is 2.90. The van der Waals surface area contributed by atoms with Gasteiger partial charge in [-0.3, -0.25) is 0 Å². The fraction of sp³-hybridized carbons (Fsp3) is 1.00. The maximum Gasteiger partial charge on any atom is 0.00701 e. The average molecular weight is 196 g/mol. The molecule has 2 aliphatic rings. The van der Waals surface area contributed by atoms with Gasteiger partial charge >= 0.3 is 0 Å². The highest BCUT2D eigenvalue weighted by atomic mass is 15.1. The molecule has 0 aromatic heterocycles. The fourth-order valence-corrected chi connectivity index (χ4v) is 2.90. The Morgan fingerprint density at radius 2 is 2.07 bits per heavy atom. The van der Waals surface area contributed by atoms with Gasteiger partial charge in [0, 0.05) is 6.04 Å². The Morgan fingerprint density at radius 1 is 1.14 bits per heavy atom. The smallest absolute Gasteiger partial charge is 0.00701 e. The van der Waals surface area contributed by atoms with Gasteiger partial charge in [-0.05, 0) is 71.1 Å². The zero-order chi connectivity index (χ0) is 9.80. The summed E-state index contributed by atoms with van der Waals surface area (Å²) in [6, 6.07) is 0.850. The van der Waals surface area contributed by atoms with Crippen molar-refractivity contribution in [2.45, 2.75) is 44.6 Å². The van der Waals surface area contributed by atoms with E-state index in [-0.39, 0.29) is 0 Å². The monoisotopic (exact) mass is 196 g/mol. The van der Waals surface area contributed by atoms with Crippen molar-refractivity contribution in [1.29, 1.82) is 0 Å². The van der Waals surface area contributed by atoms with Crippen LogP contribution in [0.2, 0.25) is 0 Å². The normalized spacial score (nSPS) is 35.8. The van der Waals surface area contributed by atoms with E-state index in [2.05, 4.69) is 17.3 Å². The number of nitrogens with zero attached hydrogens (tertiary/aromatic N) is 1. The van der Waals surface area contributed by atoms with Gasteiger partial charge in [0.15, 0.2) is 0 Å². The second-order valence-electron chi connectivity index (χ2n) is 5.13. The SMILES string of the molecule is CN1CCCC(CC2CCCN2)CC1. The molecule has 0 saturated carbocycles. The van der Waals surface area contributed by atoms with Crippen LogP contribution in [0.25, 0.3) is 0 Å². The van der Waals surface area contributed by atoms with Crippen LogP contribution < -0.4 is 5.32 Å². The molecule has 2 heterocycles. The van der Waals surface area contributed by atoms with Gasteiger partial charge < -0.3 is 10.2 Å². The lowest BCUT2D eigenvalue weighted by Gasteiger charge is -2.19. The van der Waals surface area contributed by atoms with Crippen molar-refractivity contribution in [3.8, 4) is 0 Å². The number of rotatable bonds is 2. The molecule has 0 aromatic rings. The lowest BCUT2D eigenvalue weighted by molar-refractivity contribution is 0.330. The van der Waals surface area contributed by atoms with Crippen molar-refractivity contribution < 1.29 is 0 Å². The second kappa shape index (κ2) is 5.13. The molecule has 14 heavy (non-hydrogen) atoms. The zero-order valence-corrected chi connectivity index (χ0v) is 9.47. The first-order valence-electron chi connectivity index (χ1n) is 6.26. The average Bonchev–Trinajstić information content (AvgIpc) is 2.58. The highest BCUT2D eigenvalue weighted by molar-refractivity contribution is 4.79. The van der Waals surface area contributed by atoms with E-state index in [1.165, 1.54) is 58.2 Å². The third kappa shape index (κ3) is 2.96. The van der Waals surface area contributed by atoms with Crippen LogP contribution in [0, 0.1) is 5.92 Å². The van der Waals surface area contributed by atoms with Crippen molar-refractivity contribution in [3.63, 3.8) is 0 Å². The van der Waals surface area contributed by atoms with Crippen molar-refractivity contribution in [3.05, 3.63) is 0 Å². The zero-order valence-electron chi connectivity index (χ0n) is 9.47. The summed E-state index contributed by atoms with van der Waals surface area (Å²) >= 11 is 0. The Hall–Kier alpha value is -0.0800. The summed E-state index contributed by atoms with van der Waals surface area (Å²) in [5, 5.41) is 3.62. The molecule has 1 N–H and O–H groups in total. The first-order chi connectivity index (χ1) is 6.84. The minimum atomic E-state index is 0.850. The Kier molecular flexibility index (Phi) is 3.82. The van der Waals surface area contributed by atoms with Gasteiger partial charge in [0.05, 0.1) is 0 Å². The Balaban J connectivity index is 1.73. The molecule has 0 amide bonds. The molecule has 2 aliphatic heterocycles. The molecule has 0 radical (unpaired) electrons. The van der Waals surface area contributed by atoms with Crippen LogP contribution in [0.5, 0.6) is 0 Å². The van der Waals surface area contributed by atoms with Crippen LogP contribution in [-0.2, 0) is 0 Å². The molecule has 82 valence electrons. The third-order valence-corrected chi connectivity index (χ3v) is 3.85. The van der Waals surface area contributed by atoms with Crippen molar-refractivity contribution >= 4 is 0 Å². The number of hydrogen-bond donors (Lipinski definition) is 1. The molecule has 2 fully saturated rings. The van der Waals surface area contributed by atoms with Gasteiger partial charge in [-0.15, -0.1) is 0 Å². The standard InChI is InChI=1S/C12H24N2/c1-14-8-3-4-11(6-9-14)10-12-5-2-7-13-12/h11-13H,2-10H2,1H3. The van der Waals surface area contributed by atoms with Crippen LogP contribution >= 0.6 is 0 Å². The second-order valence-corrected chi connectivity index (χ2v) is 5.13. The molecule has 0 bridgehead atoms. The van der Waals surface area contributed by atoms with Gasteiger partial charge in [0.25, 0.3) is 0 Å². The summed E-state index contributed by atoms with van der Waals surface area (Å²) in [5.74, 6) is 0.996. The summed E-state index contributed by atoms with van der Waals surface area (Å²) < 4.78 is 0. The number of likely N-dealkylation sites (tertiary alicyclic amines) is 1. The topological polar surface area (TPSA) is 15.3 Å². The largest absolute Gasteiger partial charge is 0.314 e. The molecule has 2 unspecified atom stereocenters. The van der Waals surface area contributed by atoms with Crippen LogP contribution in [0.3, 0.4) is 0 Å². The first-order valence-corrected chi connectivity index (χ1v) is 6.26. The molecule has 2 heteroatoms. The van der Waals surface area contributed by atoms with E-state index in [0.29, 0.717) is 0 Å². The van der Waals surface area contributed by atoms with Gasteiger partial charge in [-0.1, -0.05) is 0 Å². The minimum Gasteiger partial charge on any atom is -0.314 e. The van der Waals surface area contributed by atoms with E-state index in [1.807, 2.05) is 0 Å². The molecule has 0 aliphatic carbocycles. The van der Waals surface area contributed by atoms with Crippen LogP contribution in [-0.4, -0.2) is 37.6 Å². The van der Waals surface area contributed by atoms with E-state index >= 15 is 0 Å². The predicted molar refractivity (Wildman–Crippen MR) is 60.5 cm³/mol. The van der Waals surface area contributed by atoms with E-state index in [9.17, 15) is 0 Å². The van der Waals surface area contributed by atoms with Crippen molar-refractivity contribution in [1.82, 2.24) is 10.2 Å². The lowest BCUT2D eigenvalue weighted by Crippen LogP contribution is -2.25. The molecule has 0 aromatic carbocycles. The summed E-state index contributed by atoms with van der Waals surface area (Å²) in [6.07, 6.45) is 8.56. The van der Waals surface area contributed by atoms with Crippen LogP contribution in [0.1, 0.15) is 38.5 Å². The van der Waals surface area contributed by atoms with Gasteiger partial charge in [-0.2, -0.15) is 0 Å². The Labute approximate surface area is 88.1 Å². The Bertz CT molecular complexity index is 164. The number of hydrogen-bond acceptors (Lipinski definition) is 2. The molecular formula is C12H24N2. The summed E-state index contributed by atoms with van der Waals surface area (Å²) in [6.45, 7) is 3.89. The molecule has 2 saturated heterocycles. The number of nitrogens with one attached hydrogen (secondary N) is 1. The van der Waals surface area contributed by atoms with Crippen molar-refractivity contribution in [2.75, 3.05) is 26.7 Å². The Morgan fingerprint density at radius 3 is 2.86 bits per heavy atom. The highest BCUT2D eigenvalue weighted by Gasteiger charge is 2.21. The van der Waals surface area contributed by atoms with Crippen LogP contribution in [0.15, 0.2) is 0 Å². The van der Waals surface area contributed by atoms with Gasteiger partial charge in [0.1, 0.15) is 0 Å². The van der Waals surface area contributed by atoms with Crippen LogP contribution in [0.4, 0.5) is 0 Å². The van der Waals surface area contributed by atoms with Gasteiger partial charge in [-0.25, -0.2) is 0 Å². The molecule has 0 spiro atoms. The maximum absolute atomic E-state index is 3.62. The molecular weight excluding hydrogens is 172 g/mol. The summed E-state index contributed by atoms with van der Waals surface area (Å²) in [5.41, 5.74) is 0. The van der Waals surface area contributed by atoms with Crippen molar-refractivity contribution in [2.24, 2.45) is 5.92 Å². The third-order valence-electron chi connectivity index (χ3n) is 3.85. The van der Waals surface area contributed by atoms with E-state index < -0.39 is 0 Å². The molecule has 2 nitrogen and oxygen atoms in total. The van der Waals surface area contributed by atoms with E-state index in [4.69, 9.17) is 0 Å². The van der Waals surface area contributed by atoms with Gasteiger partial charge in [0.2, 0.25) is 0 Å².